The second kappa shape index (κ2) is 13.4. The Morgan fingerprint density at radius 3 is 2.18 bits per heavy atom. The van der Waals surface area contributed by atoms with Gasteiger partial charge in [0.1, 0.15) is 17.7 Å². The molecule has 2 atom stereocenters. The van der Waals surface area contributed by atoms with Crippen LogP contribution in [0.3, 0.4) is 0 Å². The lowest BCUT2D eigenvalue weighted by Gasteiger charge is -2.34. The molecule has 4 N–H and O–H groups in total. The summed E-state index contributed by atoms with van der Waals surface area (Å²) in [6.45, 7) is 12.6. The van der Waals surface area contributed by atoms with Gasteiger partial charge in [-0.3, -0.25) is 14.4 Å². The molecule has 2 unspecified atom stereocenters. The Morgan fingerprint density at radius 2 is 1.63 bits per heavy atom. The summed E-state index contributed by atoms with van der Waals surface area (Å²) in [6, 6.07) is 12.4. The van der Waals surface area contributed by atoms with Crippen LogP contribution in [0.5, 0.6) is 0 Å². The van der Waals surface area contributed by atoms with Crippen molar-refractivity contribution in [1.29, 1.82) is 0 Å². The second-order valence-electron chi connectivity index (χ2n) is 10.0. The largest absolute Gasteiger partial charge is 0.444 e. The molecule has 0 spiro atoms. The summed E-state index contributed by atoms with van der Waals surface area (Å²) in [4.78, 5) is 53.3. The molecule has 2 rings (SSSR count). The number of benzene rings is 2. The number of carbonyl (C=O) groups is 4. The molecule has 0 aliphatic rings. The zero-order valence-electron chi connectivity index (χ0n) is 22.7. The lowest BCUT2D eigenvalue weighted by Crippen LogP contribution is -2.52. The Hall–Kier alpha value is -4.14. The SMILES string of the molecule is C=CCN(C(=O)C(CCC(N)=O)NC(=O)OC(C)(C)C)C(C(=O)Nc1ccccc1C)c1ccccc1C. The molecule has 2 aromatic carbocycles. The fraction of sp³-hybridized carbons (Fsp3) is 0.379. The number of aryl methyl sites for hydroxylation is 2. The summed E-state index contributed by atoms with van der Waals surface area (Å²) in [5.74, 6) is -1.64. The van der Waals surface area contributed by atoms with Crippen LogP contribution in [0.25, 0.3) is 0 Å². The number of anilines is 1. The van der Waals surface area contributed by atoms with Crippen LogP contribution in [-0.2, 0) is 19.1 Å². The Kier molecular flexibility index (Phi) is 10.6. The van der Waals surface area contributed by atoms with Crippen LogP contribution in [0.4, 0.5) is 10.5 Å². The minimum Gasteiger partial charge on any atom is -0.444 e. The van der Waals surface area contributed by atoms with Gasteiger partial charge in [-0.2, -0.15) is 0 Å². The molecule has 0 heterocycles. The summed E-state index contributed by atoms with van der Waals surface area (Å²) in [5, 5.41) is 5.50. The molecule has 0 fully saturated rings. The van der Waals surface area contributed by atoms with Gasteiger partial charge >= 0.3 is 6.09 Å². The zero-order chi connectivity index (χ0) is 28.5. The van der Waals surface area contributed by atoms with Crippen molar-refractivity contribution in [3.05, 3.63) is 77.9 Å². The first kappa shape index (κ1) is 30.1. The van der Waals surface area contributed by atoms with Crippen LogP contribution in [0.1, 0.15) is 56.3 Å². The summed E-state index contributed by atoms with van der Waals surface area (Å²) in [7, 11) is 0. The minimum atomic E-state index is -1.17. The number of alkyl carbamates (subject to hydrolysis) is 1. The average Bonchev–Trinajstić information content (AvgIpc) is 2.82. The van der Waals surface area contributed by atoms with Crippen molar-refractivity contribution in [2.75, 3.05) is 11.9 Å². The van der Waals surface area contributed by atoms with Crippen LogP contribution in [0, 0.1) is 13.8 Å². The minimum absolute atomic E-state index is 0.00208. The lowest BCUT2D eigenvalue weighted by molar-refractivity contribution is -0.140. The van der Waals surface area contributed by atoms with Crippen molar-refractivity contribution in [3.63, 3.8) is 0 Å². The molecule has 2 aromatic rings. The summed E-state index contributed by atoms with van der Waals surface area (Å²) >= 11 is 0. The number of nitrogens with one attached hydrogen (secondary N) is 2. The molecule has 204 valence electrons. The average molecular weight is 523 g/mol. The van der Waals surface area contributed by atoms with E-state index >= 15 is 0 Å². The van der Waals surface area contributed by atoms with Gasteiger partial charge in [0.15, 0.2) is 0 Å². The van der Waals surface area contributed by atoms with Gasteiger partial charge in [0.05, 0.1) is 0 Å². The van der Waals surface area contributed by atoms with Gasteiger partial charge < -0.3 is 26.0 Å². The molecule has 9 heteroatoms. The van der Waals surface area contributed by atoms with Gasteiger partial charge in [0, 0.05) is 18.7 Å². The maximum absolute atomic E-state index is 14.0. The number of rotatable bonds is 11. The molecule has 0 saturated heterocycles. The molecule has 0 radical (unpaired) electrons. The summed E-state index contributed by atoms with van der Waals surface area (Å²) in [6.07, 6.45) is 0.457. The van der Waals surface area contributed by atoms with E-state index in [1.807, 2.05) is 44.2 Å². The molecular weight excluding hydrogens is 484 g/mol. The number of carbonyl (C=O) groups excluding carboxylic acids is 4. The molecule has 0 aliphatic heterocycles. The topological polar surface area (TPSA) is 131 Å². The highest BCUT2D eigenvalue weighted by molar-refractivity contribution is 5.99. The van der Waals surface area contributed by atoms with Crippen molar-refractivity contribution in [1.82, 2.24) is 10.2 Å². The third kappa shape index (κ3) is 8.76. The molecule has 0 saturated carbocycles. The highest BCUT2D eigenvalue weighted by Gasteiger charge is 2.36. The Labute approximate surface area is 224 Å². The molecule has 0 aliphatic carbocycles. The first-order chi connectivity index (χ1) is 17.8. The van der Waals surface area contributed by atoms with Crippen LogP contribution < -0.4 is 16.4 Å². The van der Waals surface area contributed by atoms with Crippen LogP contribution >= 0.6 is 0 Å². The predicted molar refractivity (Wildman–Crippen MR) is 147 cm³/mol. The standard InChI is InChI=1S/C29H38N4O5/c1-7-18-33(27(36)23(16-17-24(30)34)32-28(37)38-29(4,5)6)25(21-14-10-8-12-19(21)2)26(35)31-22-15-11-9-13-20(22)3/h7-15,23,25H,1,16-18H2,2-6H3,(H2,30,34)(H,31,35)(H,32,37). The number of hydrogen-bond donors (Lipinski definition) is 3. The predicted octanol–water partition coefficient (Wildman–Crippen LogP) is 4.16. The highest BCUT2D eigenvalue weighted by atomic mass is 16.6. The van der Waals surface area contributed by atoms with E-state index in [1.165, 1.54) is 11.0 Å². The van der Waals surface area contributed by atoms with Crippen molar-refractivity contribution in [2.45, 2.75) is 65.1 Å². The maximum Gasteiger partial charge on any atom is 0.408 e. The van der Waals surface area contributed by atoms with Crippen molar-refractivity contribution >= 4 is 29.5 Å². The second-order valence-corrected chi connectivity index (χ2v) is 10.0. The van der Waals surface area contributed by atoms with E-state index in [1.54, 1.807) is 39.0 Å². The monoisotopic (exact) mass is 522 g/mol. The fourth-order valence-corrected chi connectivity index (χ4v) is 3.91. The smallest absolute Gasteiger partial charge is 0.408 e. The Balaban J connectivity index is 2.53. The van der Waals surface area contributed by atoms with Crippen LogP contribution in [0.2, 0.25) is 0 Å². The number of nitrogens with zero attached hydrogens (tertiary/aromatic N) is 1. The van der Waals surface area contributed by atoms with Crippen LogP contribution in [0.15, 0.2) is 61.2 Å². The highest BCUT2D eigenvalue weighted by Crippen LogP contribution is 2.28. The molecule has 4 amide bonds. The molecule has 0 aromatic heterocycles. The van der Waals surface area contributed by atoms with E-state index in [-0.39, 0.29) is 19.4 Å². The molecule has 0 bridgehead atoms. The first-order valence-electron chi connectivity index (χ1n) is 12.4. The number of para-hydroxylation sites is 1. The van der Waals surface area contributed by atoms with E-state index in [0.717, 1.165) is 11.1 Å². The number of primary amides is 1. The summed E-state index contributed by atoms with van der Waals surface area (Å²) in [5.41, 5.74) is 7.41. The van der Waals surface area contributed by atoms with Gasteiger partial charge in [0.2, 0.25) is 11.8 Å². The number of nitrogens with two attached hydrogens (primary N) is 1. The normalized spacial score (nSPS) is 12.6. The first-order valence-corrected chi connectivity index (χ1v) is 12.4. The van der Waals surface area contributed by atoms with Gasteiger partial charge in [-0.05, 0) is 63.8 Å². The molecule has 38 heavy (non-hydrogen) atoms. The maximum atomic E-state index is 14.0. The van der Waals surface area contributed by atoms with Crippen molar-refractivity contribution in [3.8, 4) is 0 Å². The third-order valence-electron chi connectivity index (χ3n) is 5.72. The quantitative estimate of drug-likeness (QED) is 0.382. The van der Waals surface area contributed by atoms with Gasteiger partial charge in [-0.25, -0.2) is 4.79 Å². The van der Waals surface area contributed by atoms with E-state index < -0.39 is 41.5 Å². The number of amides is 4. The van der Waals surface area contributed by atoms with E-state index in [4.69, 9.17) is 10.5 Å². The summed E-state index contributed by atoms with van der Waals surface area (Å²) < 4.78 is 5.33. The van der Waals surface area contributed by atoms with Crippen molar-refractivity contribution in [2.24, 2.45) is 5.73 Å². The van der Waals surface area contributed by atoms with Crippen molar-refractivity contribution < 1.29 is 23.9 Å². The third-order valence-corrected chi connectivity index (χ3v) is 5.72. The van der Waals surface area contributed by atoms with Gasteiger partial charge in [-0.1, -0.05) is 48.5 Å². The number of ether oxygens (including phenoxy) is 1. The number of hydrogen-bond acceptors (Lipinski definition) is 5. The van der Waals surface area contributed by atoms with Crippen LogP contribution in [-0.4, -0.2) is 46.9 Å². The van der Waals surface area contributed by atoms with E-state index in [2.05, 4.69) is 17.2 Å². The molecule has 9 nitrogen and oxygen atoms in total. The van der Waals surface area contributed by atoms with E-state index in [9.17, 15) is 19.2 Å². The molecular formula is C29H38N4O5. The van der Waals surface area contributed by atoms with E-state index in [0.29, 0.717) is 11.3 Å². The van der Waals surface area contributed by atoms with Gasteiger partial charge in [0.25, 0.3) is 5.91 Å². The fourth-order valence-electron chi connectivity index (χ4n) is 3.91. The zero-order valence-corrected chi connectivity index (χ0v) is 22.7. The Bertz CT molecular complexity index is 1170. The Morgan fingerprint density at radius 1 is 1.03 bits per heavy atom. The lowest BCUT2D eigenvalue weighted by atomic mass is 9.97. The van der Waals surface area contributed by atoms with Gasteiger partial charge in [-0.15, -0.1) is 6.58 Å².